The highest BCUT2D eigenvalue weighted by atomic mass is 19.4. The molecule has 3 nitrogen and oxygen atoms in total. The van der Waals surface area contributed by atoms with Crippen LogP contribution in [0.4, 0.5) is 13.2 Å². The minimum absolute atomic E-state index is 0.0145. The molecule has 1 fully saturated rings. The number of nitrogens with two attached hydrogens (primary N) is 1. The molecular weight excluding hydrogens is 211 g/mol. The van der Waals surface area contributed by atoms with E-state index in [1.807, 2.05) is 0 Å². The van der Waals surface area contributed by atoms with Gasteiger partial charge in [-0.25, -0.2) is 0 Å². The Kier molecular flexibility index (Phi) is 4.82. The average molecular weight is 227 g/mol. The molecule has 0 spiro atoms. The second-order valence-electron chi connectivity index (χ2n) is 3.70. The Morgan fingerprint density at radius 2 is 1.67 bits per heavy atom. The third-order valence-corrected chi connectivity index (χ3v) is 2.42. The Balaban J connectivity index is 2.01. The van der Waals surface area contributed by atoms with Gasteiger partial charge in [0.25, 0.3) is 0 Å². The summed E-state index contributed by atoms with van der Waals surface area (Å²) in [5, 5.41) is 0. The van der Waals surface area contributed by atoms with Gasteiger partial charge >= 0.3 is 6.36 Å². The van der Waals surface area contributed by atoms with Gasteiger partial charge in [-0.05, 0) is 25.7 Å². The van der Waals surface area contributed by atoms with Crippen LogP contribution in [0.5, 0.6) is 0 Å². The summed E-state index contributed by atoms with van der Waals surface area (Å²) < 4.78 is 43.6. The number of ether oxygens (including phenoxy) is 2. The Hall–Kier alpha value is -0.330. The van der Waals surface area contributed by atoms with E-state index >= 15 is 0 Å². The summed E-state index contributed by atoms with van der Waals surface area (Å²) in [6, 6.07) is 0.219. The van der Waals surface area contributed by atoms with E-state index in [4.69, 9.17) is 10.5 Å². The van der Waals surface area contributed by atoms with Gasteiger partial charge < -0.3 is 10.5 Å². The lowest BCUT2D eigenvalue weighted by Crippen LogP contribution is -2.31. The van der Waals surface area contributed by atoms with Gasteiger partial charge in [0.1, 0.15) is 0 Å². The molecule has 0 aromatic heterocycles. The molecule has 0 heterocycles. The molecule has 0 aliphatic heterocycles. The molecule has 2 N–H and O–H groups in total. The first-order valence-electron chi connectivity index (χ1n) is 5.05. The van der Waals surface area contributed by atoms with E-state index in [2.05, 4.69) is 4.74 Å². The minimum atomic E-state index is -4.56. The van der Waals surface area contributed by atoms with Gasteiger partial charge in [-0.1, -0.05) is 0 Å². The quantitative estimate of drug-likeness (QED) is 0.745. The van der Waals surface area contributed by atoms with E-state index < -0.39 is 13.0 Å². The molecule has 0 aromatic carbocycles. The van der Waals surface area contributed by atoms with Gasteiger partial charge in [0.15, 0.2) is 0 Å². The predicted octanol–water partition coefficient (Wildman–Crippen LogP) is 1.81. The molecule has 1 aliphatic rings. The molecule has 0 bridgehead atoms. The van der Waals surface area contributed by atoms with Gasteiger partial charge in [-0.2, -0.15) is 0 Å². The minimum Gasteiger partial charge on any atom is -0.376 e. The van der Waals surface area contributed by atoms with Crippen molar-refractivity contribution in [2.45, 2.75) is 44.2 Å². The van der Waals surface area contributed by atoms with Crippen LogP contribution in [-0.2, 0) is 9.47 Å². The molecule has 1 saturated carbocycles. The van der Waals surface area contributed by atoms with Crippen molar-refractivity contribution in [3.63, 3.8) is 0 Å². The van der Waals surface area contributed by atoms with Crippen molar-refractivity contribution < 1.29 is 22.6 Å². The summed E-state index contributed by atoms with van der Waals surface area (Å²) in [5.41, 5.74) is 5.68. The van der Waals surface area contributed by atoms with Crippen molar-refractivity contribution in [1.29, 1.82) is 0 Å². The molecule has 90 valence electrons. The van der Waals surface area contributed by atoms with Gasteiger partial charge in [0.2, 0.25) is 0 Å². The fraction of sp³-hybridized carbons (Fsp3) is 1.00. The third-order valence-electron chi connectivity index (χ3n) is 2.42. The molecule has 1 rings (SSSR count). The zero-order valence-corrected chi connectivity index (χ0v) is 8.43. The van der Waals surface area contributed by atoms with Crippen LogP contribution >= 0.6 is 0 Å². The SMILES string of the molecule is NC1CCC(OCCOC(F)(F)F)CC1. The predicted molar refractivity (Wildman–Crippen MR) is 48.2 cm³/mol. The highest BCUT2D eigenvalue weighted by molar-refractivity contribution is 4.74. The molecule has 0 unspecified atom stereocenters. The second-order valence-corrected chi connectivity index (χ2v) is 3.70. The Morgan fingerprint density at radius 1 is 1.07 bits per heavy atom. The van der Waals surface area contributed by atoms with E-state index in [0.29, 0.717) is 0 Å². The van der Waals surface area contributed by atoms with Crippen LogP contribution in [0.3, 0.4) is 0 Å². The van der Waals surface area contributed by atoms with E-state index in [1.165, 1.54) is 0 Å². The smallest absolute Gasteiger partial charge is 0.376 e. The van der Waals surface area contributed by atoms with Gasteiger partial charge in [0, 0.05) is 6.04 Å². The van der Waals surface area contributed by atoms with Gasteiger partial charge in [-0.3, -0.25) is 4.74 Å². The van der Waals surface area contributed by atoms with Crippen molar-refractivity contribution >= 4 is 0 Å². The van der Waals surface area contributed by atoms with Crippen molar-refractivity contribution in [1.82, 2.24) is 0 Å². The fourth-order valence-electron chi connectivity index (χ4n) is 1.63. The number of halogens is 3. The molecule has 0 atom stereocenters. The normalized spacial score (nSPS) is 28.0. The van der Waals surface area contributed by atoms with Crippen LogP contribution in [0.2, 0.25) is 0 Å². The molecule has 6 heteroatoms. The molecule has 0 aromatic rings. The van der Waals surface area contributed by atoms with Crippen LogP contribution in [0.1, 0.15) is 25.7 Å². The topological polar surface area (TPSA) is 44.5 Å². The first-order valence-corrected chi connectivity index (χ1v) is 5.05. The van der Waals surface area contributed by atoms with Crippen LogP contribution in [-0.4, -0.2) is 31.7 Å². The summed E-state index contributed by atoms with van der Waals surface area (Å²) in [5.74, 6) is 0. The maximum absolute atomic E-state index is 11.6. The summed E-state index contributed by atoms with van der Waals surface area (Å²) in [6.07, 6.45) is -1.10. The zero-order valence-electron chi connectivity index (χ0n) is 8.43. The zero-order chi connectivity index (χ0) is 11.3. The summed E-state index contributed by atoms with van der Waals surface area (Å²) >= 11 is 0. The van der Waals surface area contributed by atoms with Crippen LogP contribution in [0.15, 0.2) is 0 Å². The van der Waals surface area contributed by atoms with Gasteiger partial charge in [-0.15, -0.1) is 13.2 Å². The maximum atomic E-state index is 11.6. The standard InChI is InChI=1S/C9H16F3NO2/c10-9(11,12)15-6-5-14-8-3-1-7(13)2-4-8/h7-8H,1-6,13H2. The number of rotatable bonds is 4. The van der Waals surface area contributed by atoms with Crippen LogP contribution in [0, 0.1) is 0 Å². The molecular formula is C9H16F3NO2. The van der Waals surface area contributed by atoms with Crippen molar-refractivity contribution in [2.24, 2.45) is 5.73 Å². The molecule has 0 saturated heterocycles. The Bertz CT molecular complexity index is 179. The lowest BCUT2D eigenvalue weighted by Gasteiger charge is -2.26. The van der Waals surface area contributed by atoms with E-state index in [0.717, 1.165) is 25.7 Å². The van der Waals surface area contributed by atoms with Crippen molar-refractivity contribution in [2.75, 3.05) is 13.2 Å². The number of hydrogen-bond acceptors (Lipinski definition) is 3. The molecule has 15 heavy (non-hydrogen) atoms. The number of alkyl halides is 3. The fourth-order valence-corrected chi connectivity index (χ4v) is 1.63. The van der Waals surface area contributed by atoms with E-state index in [9.17, 15) is 13.2 Å². The molecule has 0 amide bonds. The lowest BCUT2D eigenvalue weighted by atomic mass is 9.94. The van der Waals surface area contributed by atoms with Gasteiger partial charge in [0.05, 0.1) is 19.3 Å². The first kappa shape index (κ1) is 12.7. The first-order chi connectivity index (χ1) is 6.97. The molecule has 0 radical (unpaired) electrons. The lowest BCUT2D eigenvalue weighted by molar-refractivity contribution is -0.327. The monoisotopic (exact) mass is 227 g/mol. The van der Waals surface area contributed by atoms with Crippen molar-refractivity contribution in [3.05, 3.63) is 0 Å². The molecule has 1 aliphatic carbocycles. The highest BCUT2D eigenvalue weighted by Crippen LogP contribution is 2.20. The average Bonchev–Trinajstić information content (AvgIpc) is 2.14. The summed E-state index contributed by atoms with van der Waals surface area (Å²) in [7, 11) is 0. The Morgan fingerprint density at radius 3 is 2.20 bits per heavy atom. The number of hydrogen-bond donors (Lipinski definition) is 1. The summed E-state index contributed by atoms with van der Waals surface area (Å²) in [6.45, 7) is -0.453. The van der Waals surface area contributed by atoms with Crippen LogP contribution in [0.25, 0.3) is 0 Å². The highest BCUT2D eigenvalue weighted by Gasteiger charge is 2.28. The Labute approximate surface area is 86.7 Å². The largest absolute Gasteiger partial charge is 0.522 e. The van der Waals surface area contributed by atoms with E-state index in [1.54, 1.807) is 0 Å². The van der Waals surface area contributed by atoms with E-state index in [-0.39, 0.29) is 18.8 Å². The maximum Gasteiger partial charge on any atom is 0.522 e. The summed E-state index contributed by atoms with van der Waals surface area (Å²) in [4.78, 5) is 0. The third kappa shape index (κ3) is 5.96. The van der Waals surface area contributed by atoms with Crippen LogP contribution < -0.4 is 5.73 Å². The van der Waals surface area contributed by atoms with Crippen molar-refractivity contribution in [3.8, 4) is 0 Å². The second kappa shape index (κ2) is 5.67.